The van der Waals surface area contributed by atoms with Gasteiger partial charge in [-0.3, -0.25) is 19.7 Å². The third-order valence-electron chi connectivity index (χ3n) is 4.07. The number of thiophene rings is 1. The Morgan fingerprint density at radius 1 is 1.32 bits per heavy atom. The Balaban J connectivity index is 1.52. The quantitative estimate of drug-likeness (QED) is 0.488. The number of hydrogen-bond acceptors (Lipinski definition) is 5. The molecule has 1 aromatic heterocycles. The van der Waals surface area contributed by atoms with E-state index < -0.39 is 4.92 Å². The SMILES string of the molecule is O=C(NCCCC(=O)N1CCc2ccc([N+](=O)[O-])cc21)c1cccs1. The maximum absolute atomic E-state index is 12.4. The van der Waals surface area contributed by atoms with Crippen molar-refractivity contribution in [3.05, 3.63) is 56.3 Å². The molecule has 0 saturated carbocycles. The molecule has 3 rings (SSSR count). The largest absolute Gasteiger partial charge is 0.351 e. The standard InChI is InChI=1S/C17H17N3O4S/c21-16(4-1-8-18-17(22)15-3-2-10-25-15)19-9-7-12-5-6-13(20(23)24)11-14(12)19/h2-3,5-6,10-11H,1,4,7-9H2,(H,18,22). The van der Waals surface area contributed by atoms with Crippen molar-refractivity contribution in [1.82, 2.24) is 5.32 Å². The normalized spacial score (nSPS) is 12.7. The van der Waals surface area contributed by atoms with Crippen molar-refractivity contribution in [3.8, 4) is 0 Å². The van der Waals surface area contributed by atoms with E-state index in [0.717, 1.165) is 5.56 Å². The molecule has 0 saturated heterocycles. The summed E-state index contributed by atoms with van der Waals surface area (Å²) in [5, 5.41) is 15.5. The van der Waals surface area contributed by atoms with Crippen molar-refractivity contribution in [2.45, 2.75) is 19.3 Å². The number of amides is 2. The van der Waals surface area contributed by atoms with Gasteiger partial charge in [-0.15, -0.1) is 11.3 Å². The second-order valence-electron chi connectivity index (χ2n) is 5.70. The lowest BCUT2D eigenvalue weighted by Crippen LogP contribution is -2.30. The number of nitro groups is 1. The van der Waals surface area contributed by atoms with Crippen molar-refractivity contribution in [3.63, 3.8) is 0 Å². The number of nitro benzene ring substituents is 1. The number of fused-ring (bicyclic) bond motifs is 1. The first kappa shape index (κ1) is 17.1. The molecule has 0 bridgehead atoms. The summed E-state index contributed by atoms with van der Waals surface area (Å²) in [5.41, 5.74) is 1.56. The topological polar surface area (TPSA) is 92.6 Å². The summed E-state index contributed by atoms with van der Waals surface area (Å²) in [4.78, 5) is 36.9. The van der Waals surface area contributed by atoms with Crippen molar-refractivity contribution in [2.75, 3.05) is 18.0 Å². The number of rotatable bonds is 6. The molecule has 1 aliphatic heterocycles. The lowest BCUT2D eigenvalue weighted by atomic mass is 10.1. The lowest BCUT2D eigenvalue weighted by molar-refractivity contribution is -0.384. The molecule has 8 heteroatoms. The van der Waals surface area contributed by atoms with Crippen LogP contribution in [0.5, 0.6) is 0 Å². The van der Waals surface area contributed by atoms with Gasteiger partial charge in [-0.25, -0.2) is 0 Å². The highest BCUT2D eigenvalue weighted by Gasteiger charge is 2.26. The number of anilines is 1. The van der Waals surface area contributed by atoms with Crippen LogP contribution in [0.4, 0.5) is 11.4 Å². The van der Waals surface area contributed by atoms with E-state index in [1.54, 1.807) is 17.0 Å². The average Bonchev–Trinajstić information content (AvgIpc) is 3.27. The van der Waals surface area contributed by atoms with Gasteiger partial charge in [0.15, 0.2) is 0 Å². The van der Waals surface area contributed by atoms with Crippen LogP contribution in [-0.4, -0.2) is 29.8 Å². The predicted molar refractivity (Wildman–Crippen MR) is 95.0 cm³/mol. The van der Waals surface area contributed by atoms with Crippen LogP contribution < -0.4 is 10.2 Å². The molecule has 0 unspecified atom stereocenters. The number of nitrogens with zero attached hydrogens (tertiary/aromatic N) is 2. The Hall–Kier alpha value is -2.74. The molecule has 25 heavy (non-hydrogen) atoms. The van der Waals surface area contributed by atoms with Crippen molar-refractivity contribution >= 4 is 34.5 Å². The molecular weight excluding hydrogens is 342 g/mol. The van der Waals surface area contributed by atoms with Gasteiger partial charge in [0.05, 0.1) is 15.5 Å². The zero-order chi connectivity index (χ0) is 17.8. The highest BCUT2D eigenvalue weighted by molar-refractivity contribution is 7.12. The van der Waals surface area contributed by atoms with Crippen molar-refractivity contribution in [2.24, 2.45) is 0 Å². The Morgan fingerprint density at radius 2 is 2.16 bits per heavy atom. The molecule has 7 nitrogen and oxygen atoms in total. The molecule has 0 fully saturated rings. The summed E-state index contributed by atoms with van der Waals surface area (Å²) in [6.07, 6.45) is 1.51. The summed E-state index contributed by atoms with van der Waals surface area (Å²) < 4.78 is 0. The highest BCUT2D eigenvalue weighted by atomic mass is 32.1. The molecule has 0 spiro atoms. The minimum Gasteiger partial charge on any atom is -0.351 e. The number of nitrogens with one attached hydrogen (secondary N) is 1. The van der Waals surface area contributed by atoms with Crippen LogP contribution in [0.25, 0.3) is 0 Å². The fourth-order valence-corrected chi connectivity index (χ4v) is 3.45. The molecular formula is C17H17N3O4S. The van der Waals surface area contributed by atoms with Crippen LogP contribution in [0.3, 0.4) is 0 Å². The molecule has 1 N–H and O–H groups in total. The first-order valence-corrected chi connectivity index (χ1v) is 8.83. The number of carbonyl (C=O) groups is 2. The Morgan fingerprint density at radius 3 is 2.88 bits per heavy atom. The first-order chi connectivity index (χ1) is 12.1. The maximum Gasteiger partial charge on any atom is 0.271 e. The minimum absolute atomic E-state index is 0.0124. The molecule has 130 valence electrons. The van der Waals surface area contributed by atoms with E-state index in [9.17, 15) is 19.7 Å². The maximum atomic E-state index is 12.4. The summed E-state index contributed by atoms with van der Waals surface area (Å²) in [6, 6.07) is 8.19. The Kier molecular flexibility index (Phi) is 5.08. The Bertz CT molecular complexity index is 804. The zero-order valence-corrected chi connectivity index (χ0v) is 14.3. The fourth-order valence-electron chi connectivity index (χ4n) is 2.81. The molecule has 0 radical (unpaired) electrons. The van der Waals surface area contributed by atoms with Crippen LogP contribution in [0.2, 0.25) is 0 Å². The van der Waals surface area contributed by atoms with E-state index in [-0.39, 0.29) is 23.9 Å². The van der Waals surface area contributed by atoms with Crippen LogP contribution >= 0.6 is 11.3 Å². The molecule has 0 atom stereocenters. The lowest BCUT2D eigenvalue weighted by Gasteiger charge is -2.17. The molecule has 0 aliphatic carbocycles. The van der Waals surface area contributed by atoms with Crippen molar-refractivity contribution in [1.29, 1.82) is 0 Å². The fraction of sp³-hybridized carbons (Fsp3) is 0.294. The van der Waals surface area contributed by atoms with E-state index in [4.69, 9.17) is 0 Å². The molecule has 2 heterocycles. The van der Waals surface area contributed by atoms with Crippen LogP contribution in [0, 0.1) is 10.1 Å². The molecule has 2 aromatic rings. The smallest absolute Gasteiger partial charge is 0.271 e. The molecule has 1 aliphatic rings. The van der Waals surface area contributed by atoms with Gasteiger partial charge in [0.1, 0.15) is 0 Å². The van der Waals surface area contributed by atoms with E-state index in [1.807, 2.05) is 11.4 Å². The van der Waals surface area contributed by atoms with E-state index in [1.165, 1.54) is 23.5 Å². The van der Waals surface area contributed by atoms with E-state index in [0.29, 0.717) is 36.5 Å². The number of hydrogen-bond donors (Lipinski definition) is 1. The van der Waals surface area contributed by atoms with Gasteiger partial charge in [0.2, 0.25) is 5.91 Å². The molecule has 2 amide bonds. The van der Waals surface area contributed by atoms with Crippen LogP contribution in [-0.2, 0) is 11.2 Å². The van der Waals surface area contributed by atoms with E-state index >= 15 is 0 Å². The van der Waals surface area contributed by atoms with Gasteiger partial charge in [-0.05, 0) is 29.9 Å². The van der Waals surface area contributed by atoms with Crippen LogP contribution in [0.15, 0.2) is 35.7 Å². The highest BCUT2D eigenvalue weighted by Crippen LogP contribution is 2.32. The zero-order valence-electron chi connectivity index (χ0n) is 13.4. The number of benzene rings is 1. The summed E-state index contributed by atoms with van der Waals surface area (Å²) in [7, 11) is 0. The summed E-state index contributed by atoms with van der Waals surface area (Å²) in [6.45, 7) is 0.953. The second kappa shape index (κ2) is 7.43. The number of non-ortho nitro benzene ring substituents is 1. The van der Waals surface area contributed by atoms with Crippen molar-refractivity contribution < 1.29 is 14.5 Å². The van der Waals surface area contributed by atoms with Gasteiger partial charge in [-0.2, -0.15) is 0 Å². The summed E-state index contributed by atoms with van der Waals surface area (Å²) in [5.74, 6) is -0.214. The monoisotopic (exact) mass is 359 g/mol. The van der Waals surface area contributed by atoms with Gasteiger partial charge >= 0.3 is 0 Å². The van der Waals surface area contributed by atoms with Gasteiger partial charge in [-0.1, -0.05) is 12.1 Å². The molecule has 1 aromatic carbocycles. The van der Waals surface area contributed by atoms with Gasteiger partial charge in [0, 0.05) is 31.6 Å². The summed E-state index contributed by atoms with van der Waals surface area (Å²) >= 11 is 1.37. The third kappa shape index (κ3) is 3.85. The Labute approximate surface area is 148 Å². The van der Waals surface area contributed by atoms with Gasteiger partial charge < -0.3 is 10.2 Å². The van der Waals surface area contributed by atoms with E-state index in [2.05, 4.69) is 5.32 Å². The number of carbonyl (C=O) groups excluding carboxylic acids is 2. The first-order valence-electron chi connectivity index (χ1n) is 7.95. The van der Waals surface area contributed by atoms with Crippen LogP contribution in [0.1, 0.15) is 28.1 Å². The van der Waals surface area contributed by atoms with Gasteiger partial charge in [0.25, 0.3) is 11.6 Å². The second-order valence-corrected chi connectivity index (χ2v) is 6.65. The minimum atomic E-state index is -0.457. The third-order valence-corrected chi connectivity index (χ3v) is 4.94. The average molecular weight is 359 g/mol. The predicted octanol–water partition coefficient (Wildman–Crippen LogP) is 2.76.